The summed E-state index contributed by atoms with van der Waals surface area (Å²) in [6.45, 7) is 4.42. The molecule has 3 rings (SSSR count). The largest absolute Gasteiger partial charge is 0.330 e. The Balaban J connectivity index is 1.96. The number of fused-ring (bicyclic) bond motifs is 1. The Hall–Kier alpha value is -2.17. The van der Waals surface area contributed by atoms with Crippen LogP contribution in [0.5, 0.6) is 0 Å². The zero-order valence-corrected chi connectivity index (χ0v) is 12.4. The van der Waals surface area contributed by atoms with Crippen molar-refractivity contribution in [1.82, 2.24) is 14.5 Å². The molecule has 0 saturated heterocycles. The van der Waals surface area contributed by atoms with Crippen LogP contribution in [0, 0.1) is 12.7 Å². The molecule has 1 aliphatic rings. The molecule has 0 fully saturated rings. The summed E-state index contributed by atoms with van der Waals surface area (Å²) in [4.78, 5) is 18.7. The summed E-state index contributed by atoms with van der Waals surface area (Å²) in [5.41, 5.74) is 3.34. The van der Waals surface area contributed by atoms with Gasteiger partial charge in [0.1, 0.15) is 11.5 Å². The molecule has 0 bridgehead atoms. The Morgan fingerprint density at radius 3 is 2.86 bits per heavy atom. The van der Waals surface area contributed by atoms with Gasteiger partial charge in [-0.1, -0.05) is 6.07 Å². The van der Waals surface area contributed by atoms with Crippen molar-refractivity contribution in [3.8, 4) is 0 Å². The fourth-order valence-electron chi connectivity index (χ4n) is 3.05. The maximum absolute atomic E-state index is 13.5. The highest BCUT2D eigenvalue weighted by Crippen LogP contribution is 2.31. The molecule has 4 nitrogen and oxygen atoms in total. The van der Waals surface area contributed by atoms with E-state index in [1.807, 2.05) is 27.0 Å². The van der Waals surface area contributed by atoms with Crippen LogP contribution in [0.2, 0.25) is 0 Å². The van der Waals surface area contributed by atoms with Crippen molar-refractivity contribution in [3.63, 3.8) is 0 Å². The standard InChI is InChI=1S/C16H18FN3O/c1-10-15(19(3)9-18-10)16(21)20-7-6-12-4-5-13(17)8-14(12)11(20)2/h4-5,8-9,11H,6-7H2,1-3H3/t11-/m0/s1. The Labute approximate surface area is 123 Å². The average Bonchev–Trinajstić information content (AvgIpc) is 2.78. The van der Waals surface area contributed by atoms with Crippen LogP contribution in [0.4, 0.5) is 4.39 Å². The maximum atomic E-state index is 13.5. The van der Waals surface area contributed by atoms with Gasteiger partial charge in [0.25, 0.3) is 5.91 Å². The van der Waals surface area contributed by atoms with Crippen LogP contribution in [0.1, 0.15) is 40.3 Å². The number of benzene rings is 1. The second-order valence-corrected chi connectivity index (χ2v) is 5.56. The first-order valence-electron chi connectivity index (χ1n) is 7.06. The second kappa shape index (κ2) is 4.98. The van der Waals surface area contributed by atoms with Gasteiger partial charge in [-0.05, 0) is 43.5 Å². The molecule has 0 aliphatic carbocycles. The summed E-state index contributed by atoms with van der Waals surface area (Å²) in [6, 6.07) is 4.70. The number of aromatic nitrogens is 2. The second-order valence-electron chi connectivity index (χ2n) is 5.56. The van der Waals surface area contributed by atoms with Gasteiger partial charge in [0.05, 0.1) is 18.1 Å². The molecule has 1 atom stereocenters. The quantitative estimate of drug-likeness (QED) is 0.808. The van der Waals surface area contributed by atoms with Crippen molar-refractivity contribution < 1.29 is 9.18 Å². The maximum Gasteiger partial charge on any atom is 0.272 e. The fourth-order valence-corrected chi connectivity index (χ4v) is 3.05. The number of hydrogen-bond acceptors (Lipinski definition) is 2. The third kappa shape index (κ3) is 2.22. The van der Waals surface area contributed by atoms with Gasteiger partial charge in [-0.3, -0.25) is 4.79 Å². The summed E-state index contributed by atoms with van der Waals surface area (Å²) in [5.74, 6) is -0.304. The molecule has 0 N–H and O–H groups in total. The van der Waals surface area contributed by atoms with E-state index >= 15 is 0 Å². The van der Waals surface area contributed by atoms with Gasteiger partial charge in [-0.2, -0.15) is 0 Å². The molecule has 0 saturated carbocycles. The Morgan fingerprint density at radius 1 is 1.43 bits per heavy atom. The van der Waals surface area contributed by atoms with E-state index in [0.717, 1.165) is 23.2 Å². The molecular formula is C16H18FN3O. The van der Waals surface area contributed by atoms with Crippen LogP contribution in [0.15, 0.2) is 24.5 Å². The van der Waals surface area contributed by atoms with Gasteiger partial charge in [-0.15, -0.1) is 0 Å². The van der Waals surface area contributed by atoms with Crippen LogP contribution in [-0.2, 0) is 13.5 Å². The van der Waals surface area contributed by atoms with Gasteiger partial charge in [0, 0.05) is 13.6 Å². The van der Waals surface area contributed by atoms with Crippen LogP contribution in [-0.4, -0.2) is 26.9 Å². The smallest absolute Gasteiger partial charge is 0.272 e. The van der Waals surface area contributed by atoms with Crippen LogP contribution in [0.3, 0.4) is 0 Å². The molecule has 21 heavy (non-hydrogen) atoms. The number of imidazole rings is 1. The van der Waals surface area contributed by atoms with E-state index in [1.165, 1.54) is 12.1 Å². The van der Waals surface area contributed by atoms with Crippen molar-refractivity contribution in [3.05, 3.63) is 52.9 Å². The molecule has 1 amide bonds. The van der Waals surface area contributed by atoms with E-state index in [9.17, 15) is 9.18 Å². The summed E-state index contributed by atoms with van der Waals surface area (Å²) in [7, 11) is 1.81. The molecule has 2 heterocycles. The average molecular weight is 287 g/mol. The van der Waals surface area contributed by atoms with E-state index in [-0.39, 0.29) is 17.8 Å². The molecule has 110 valence electrons. The monoisotopic (exact) mass is 287 g/mol. The molecular weight excluding hydrogens is 269 g/mol. The minimum atomic E-state index is -0.258. The molecule has 5 heteroatoms. The van der Waals surface area contributed by atoms with Gasteiger partial charge in [-0.25, -0.2) is 9.37 Å². The number of carbonyl (C=O) groups excluding carboxylic acids is 1. The molecule has 0 radical (unpaired) electrons. The number of nitrogens with zero attached hydrogens (tertiary/aromatic N) is 3. The third-order valence-corrected chi connectivity index (χ3v) is 4.23. The lowest BCUT2D eigenvalue weighted by Gasteiger charge is -2.35. The molecule has 1 aromatic carbocycles. The van der Waals surface area contributed by atoms with E-state index < -0.39 is 0 Å². The van der Waals surface area contributed by atoms with Crippen LogP contribution < -0.4 is 0 Å². The van der Waals surface area contributed by atoms with Gasteiger partial charge < -0.3 is 9.47 Å². The van der Waals surface area contributed by atoms with E-state index in [1.54, 1.807) is 15.8 Å². The van der Waals surface area contributed by atoms with Gasteiger partial charge in [0.2, 0.25) is 0 Å². The lowest BCUT2D eigenvalue weighted by Crippen LogP contribution is -2.40. The van der Waals surface area contributed by atoms with E-state index in [4.69, 9.17) is 0 Å². The first kappa shape index (κ1) is 13.8. The van der Waals surface area contributed by atoms with Gasteiger partial charge >= 0.3 is 0 Å². The van der Waals surface area contributed by atoms with Crippen molar-refractivity contribution in [2.24, 2.45) is 7.05 Å². The zero-order valence-electron chi connectivity index (χ0n) is 12.4. The predicted octanol–water partition coefficient (Wildman–Crippen LogP) is 2.63. The Morgan fingerprint density at radius 2 is 2.19 bits per heavy atom. The van der Waals surface area contributed by atoms with E-state index in [0.29, 0.717) is 12.2 Å². The number of amides is 1. The van der Waals surface area contributed by atoms with E-state index in [2.05, 4.69) is 4.98 Å². The minimum absolute atomic E-state index is 0.0464. The summed E-state index contributed by atoms with van der Waals surface area (Å²) < 4.78 is 15.2. The number of aryl methyl sites for hydroxylation is 2. The zero-order chi connectivity index (χ0) is 15.1. The van der Waals surface area contributed by atoms with Crippen molar-refractivity contribution in [2.45, 2.75) is 26.3 Å². The number of hydrogen-bond donors (Lipinski definition) is 0. The topological polar surface area (TPSA) is 38.1 Å². The van der Waals surface area contributed by atoms with Crippen LogP contribution >= 0.6 is 0 Å². The number of rotatable bonds is 1. The Kier molecular flexibility index (Phi) is 3.27. The van der Waals surface area contributed by atoms with Gasteiger partial charge in [0.15, 0.2) is 0 Å². The first-order valence-corrected chi connectivity index (χ1v) is 7.06. The Bertz CT molecular complexity index is 688. The molecule has 1 aliphatic heterocycles. The normalized spacial score (nSPS) is 17.7. The summed E-state index contributed by atoms with van der Waals surface area (Å²) in [6.07, 6.45) is 2.40. The molecule has 2 aromatic rings. The predicted molar refractivity (Wildman–Crippen MR) is 77.5 cm³/mol. The minimum Gasteiger partial charge on any atom is -0.330 e. The van der Waals surface area contributed by atoms with Crippen molar-refractivity contribution >= 4 is 5.91 Å². The fraction of sp³-hybridized carbons (Fsp3) is 0.375. The third-order valence-electron chi connectivity index (χ3n) is 4.23. The van der Waals surface area contributed by atoms with Crippen molar-refractivity contribution in [2.75, 3.05) is 6.54 Å². The first-order chi connectivity index (χ1) is 9.99. The molecule has 1 aromatic heterocycles. The SMILES string of the molecule is Cc1ncn(C)c1C(=O)N1CCc2ccc(F)cc2[C@@H]1C. The van der Waals surface area contributed by atoms with Crippen molar-refractivity contribution in [1.29, 1.82) is 0 Å². The lowest BCUT2D eigenvalue weighted by atomic mass is 9.93. The molecule has 0 unspecified atom stereocenters. The molecule has 0 spiro atoms. The highest BCUT2D eigenvalue weighted by Gasteiger charge is 2.30. The highest BCUT2D eigenvalue weighted by atomic mass is 19.1. The number of halogens is 1. The van der Waals surface area contributed by atoms with Crippen LogP contribution in [0.25, 0.3) is 0 Å². The summed E-state index contributed by atoms with van der Waals surface area (Å²) in [5, 5.41) is 0. The highest BCUT2D eigenvalue weighted by molar-refractivity contribution is 5.94. The lowest BCUT2D eigenvalue weighted by molar-refractivity contribution is 0.0666. The summed E-state index contributed by atoms with van der Waals surface area (Å²) >= 11 is 0. The number of carbonyl (C=O) groups is 1.